The van der Waals surface area contributed by atoms with E-state index in [1.54, 1.807) is 6.07 Å². The molecule has 43 heavy (non-hydrogen) atoms. The molecule has 4 aromatic rings. The Balaban J connectivity index is 1.32. The number of nitrogens with zero attached hydrogens (tertiary/aromatic N) is 1. The highest BCUT2D eigenvalue weighted by atomic mass is 16.2. The summed E-state index contributed by atoms with van der Waals surface area (Å²) < 4.78 is 0. The van der Waals surface area contributed by atoms with Crippen LogP contribution in [0.1, 0.15) is 70.4 Å². The van der Waals surface area contributed by atoms with Gasteiger partial charge in [0.1, 0.15) is 0 Å². The average molecular weight is 571 g/mol. The van der Waals surface area contributed by atoms with E-state index in [2.05, 4.69) is 39.0 Å². The molecule has 1 saturated heterocycles. The smallest absolute Gasteiger partial charge is 0.258 e. The van der Waals surface area contributed by atoms with Gasteiger partial charge in [0, 0.05) is 29.0 Å². The average Bonchev–Trinajstić information content (AvgIpc) is 3.36. The first kappa shape index (κ1) is 28.4. The lowest BCUT2D eigenvalue weighted by Gasteiger charge is -2.26. The van der Waals surface area contributed by atoms with E-state index in [1.807, 2.05) is 86.6 Å². The summed E-state index contributed by atoms with van der Waals surface area (Å²) in [5, 5.41) is 9.71. The molecular weight excluding hydrogens is 532 g/mol. The van der Waals surface area contributed by atoms with Crippen molar-refractivity contribution in [3.8, 4) is 0 Å². The number of benzene rings is 4. The van der Waals surface area contributed by atoms with Gasteiger partial charge in [-0.3, -0.25) is 14.5 Å². The zero-order chi connectivity index (χ0) is 29.8. The number of hydrogen-bond acceptors (Lipinski definition) is 4. The summed E-state index contributed by atoms with van der Waals surface area (Å²) in [5.41, 5.74) is 8.39. The Labute approximate surface area is 253 Å². The molecule has 0 radical (unpaired) electrons. The standard InChI is InChI=1S/C37H38N4O2/c1-25-14-16-28(17-15-25)26(2)38-36(42)30-18-19-33-32(23-30)34(37(43)40-33)35(29-11-5-3-6-12-29)39-31-13-9-10-27(22-31)24-41-20-7-4-8-21-41/h3,5-6,9-19,22-23,26,39H,4,7-8,20-21,24H2,1-2H3,(H,38,42)(H,40,43)/t26-/m0/s1. The quantitative estimate of drug-likeness (QED) is 0.193. The topological polar surface area (TPSA) is 73.5 Å². The fraction of sp³-hybridized carbons (Fsp3) is 0.243. The van der Waals surface area contributed by atoms with E-state index in [0.29, 0.717) is 28.1 Å². The van der Waals surface area contributed by atoms with Gasteiger partial charge in [-0.1, -0.05) is 78.7 Å². The van der Waals surface area contributed by atoms with Gasteiger partial charge in [-0.15, -0.1) is 0 Å². The molecule has 1 fully saturated rings. The van der Waals surface area contributed by atoms with Crippen LogP contribution in [0.3, 0.4) is 0 Å². The third-order valence-electron chi connectivity index (χ3n) is 8.31. The predicted octanol–water partition coefficient (Wildman–Crippen LogP) is 7.40. The van der Waals surface area contributed by atoms with Crippen molar-refractivity contribution in [2.45, 2.75) is 45.7 Å². The third-order valence-corrected chi connectivity index (χ3v) is 8.31. The highest BCUT2D eigenvalue weighted by molar-refractivity contribution is 6.37. The molecule has 2 aliphatic heterocycles. The summed E-state index contributed by atoms with van der Waals surface area (Å²) in [5.74, 6) is -0.384. The monoisotopic (exact) mass is 570 g/mol. The minimum atomic E-state index is -0.198. The normalized spacial score (nSPS) is 16.7. The lowest BCUT2D eigenvalue weighted by atomic mass is 9.98. The van der Waals surface area contributed by atoms with Crippen molar-refractivity contribution in [2.24, 2.45) is 0 Å². The Kier molecular flexibility index (Phi) is 8.38. The summed E-state index contributed by atoms with van der Waals surface area (Å²) in [6.45, 7) is 7.20. The first-order chi connectivity index (χ1) is 20.9. The number of aryl methyl sites for hydroxylation is 1. The van der Waals surface area contributed by atoms with Crippen molar-refractivity contribution in [1.82, 2.24) is 10.2 Å². The van der Waals surface area contributed by atoms with Gasteiger partial charge in [-0.25, -0.2) is 0 Å². The molecule has 1 atom stereocenters. The maximum atomic E-state index is 13.5. The number of hydrogen-bond donors (Lipinski definition) is 3. The third kappa shape index (κ3) is 6.55. The number of anilines is 2. The van der Waals surface area contributed by atoms with Gasteiger partial charge in [0.2, 0.25) is 0 Å². The number of rotatable bonds is 8. The lowest BCUT2D eigenvalue weighted by molar-refractivity contribution is -0.110. The van der Waals surface area contributed by atoms with Gasteiger partial charge in [-0.2, -0.15) is 0 Å². The van der Waals surface area contributed by atoms with Gasteiger partial charge < -0.3 is 16.0 Å². The largest absolute Gasteiger partial charge is 0.354 e. The first-order valence-electron chi connectivity index (χ1n) is 15.2. The fourth-order valence-electron chi connectivity index (χ4n) is 5.93. The van der Waals surface area contributed by atoms with Gasteiger partial charge in [0.25, 0.3) is 11.8 Å². The van der Waals surface area contributed by atoms with Crippen molar-refractivity contribution in [2.75, 3.05) is 23.7 Å². The molecule has 6 rings (SSSR count). The molecule has 6 nitrogen and oxygen atoms in total. The number of piperidine rings is 1. The highest BCUT2D eigenvalue weighted by Gasteiger charge is 2.29. The van der Waals surface area contributed by atoms with E-state index in [0.717, 1.165) is 36.4 Å². The van der Waals surface area contributed by atoms with Crippen LogP contribution in [-0.2, 0) is 11.3 Å². The summed E-state index contributed by atoms with van der Waals surface area (Å²) in [4.78, 5) is 29.4. The van der Waals surface area contributed by atoms with Crippen LogP contribution in [-0.4, -0.2) is 29.8 Å². The molecule has 6 heteroatoms. The molecule has 0 aliphatic carbocycles. The molecule has 2 amide bonds. The number of carbonyl (C=O) groups excluding carboxylic acids is 2. The minimum Gasteiger partial charge on any atom is -0.354 e. The van der Waals surface area contributed by atoms with Crippen LogP contribution >= 0.6 is 0 Å². The first-order valence-corrected chi connectivity index (χ1v) is 15.2. The van der Waals surface area contributed by atoms with Crippen molar-refractivity contribution >= 4 is 34.5 Å². The van der Waals surface area contributed by atoms with Crippen LogP contribution in [0.4, 0.5) is 11.4 Å². The minimum absolute atomic E-state index is 0.158. The fourth-order valence-corrected chi connectivity index (χ4v) is 5.93. The molecule has 0 spiro atoms. The van der Waals surface area contributed by atoms with E-state index in [4.69, 9.17) is 0 Å². The van der Waals surface area contributed by atoms with Gasteiger partial charge in [0.15, 0.2) is 0 Å². The molecule has 4 aromatic carbocycles. The van der Waals surface area contributed by atoms with Crippen molar-refractivity contribution in [3.05, 3.63) is 130 Å². The number of likely N-dealkylation sites (tertiary alicyclic amines) is 1. The molecule has 0 saturated carbocycles. The van der Waals surface area contributed by atoms with E-state index in [-0.39, 0.29) is 17.9 Å². The predicted molar refractivity (Wildman–Crippen MR) is 175 cm³/mol. The van der Waals surface area contributed by atoms with E-state index in [9.17, 15) is 9.59 Å². The molecule has 0 bridgehead atoms. The Morgan fingerprint density at radius 1 is 0.860 bits per heavy atom. The summed E-state index contributed by atoms with van der Waals surface area (Å²) >= 11 is 0. The summed E-state index contributed by atoms with van der Waals surface area (Å²) in [7, 11) is 0. The Bertz CT molecular complexity index is 1650. The number of carbonyl (C=O) groups is 2. The van der Waals surface area contributed by atoms with Gasteiger partial charge in [0.05, 0.1) is 17.3 Å². The van der Waals surface area contributed by atoms with Gasteiger partial charge in [-0.05, 0) is 86.8 Å². The zero-order valence-electron chi connectivity index (χ0n) is 24.8. The van der Waals surface area contributed by atoms with Crippen LogP contribution in [0, 0.1) is 6.92 Å². The van der Waals surface area contributed by atoms with E-state index < -0.39 is 0 Å². The lowest BCUT2D eigenvalue weighted by Crippen LogP contribution is -2.29. The van der Waals surface area contributed by atoms with Crippen LogP contribution in [0.2, 0.25) is 0 Å². The molecule has 2 heterocycles. The maximum absolute atomic E-state index is 13.5. The molecule has 0 aromatic heterocycles. The molecule has 3 N–H and O–H groups in total. The second kappa shape index (κ2) is 12.7. The Morgan fingerprint density at radius 3 is 2.40 bits per heavy atom. The Hall–Kier alpha value is -4.68. The second-order valence-electron chi connectivity index (χ2n) is 11.6. The molecular formula is C37H38N4O2. The zero-order valence-corrected chi connectivity index (χ0v) is 24.8. The summed E-state index contributed by atoms with van der Waals surface area (Å²) in [6, 6.07) is 31.7. The Morgan fingerprint density at radius 2 is 1.63 bits per heavy atom. The second-order valence-corrected chi connectivity index (χ2v) is 11.6. The van der Waals surface area contributed by atoms with E-state index in [1.165, 1.54) is 30.4 Å². The molecule has 218 valence electrons. The van der Waals surface area contributed by atoms with E-state index >= 15 is 0 Å². The van der Waals surface area contributed by atoms with Crippen molar-refractivity contribution < 1.29 is 9.59 Å². The van der Waals surface area contributed by atoms with Crippen LogP contribution in [0.5, 0.6) is 0 Å². The maximum Gasteiger partial charge on any atom is 0.258 e. The number of fused-ring (bicyclic) bond motifs is 1. The summed E-state index contributed by atoms with van der Waals surface area (Å²) in [6.07, 6.45) is 3.81. The van der Waals surface area contributed by atoms with Crippen LogP contribution in [0.15, 0.2) is 97.1 Å². The SMILES string of the molecule is Cc1ccc([C@H](C)NC(=O)c2ccc3c(c2)C(=C(Nc2cccc(CN4CCCCC4)c2)c2ccccc2)C(=O)N3)cc1. The molecule has 0 unspecified atom stereocenters. The van der Waals surface area contributed by atoms with Gasteiger partial charge >= 0.3 is 0 Å². The molecule has 2 aliphatic rings. The highest BCUT2D eigenvalue weighted by Crippen LogP contribution is 2.38. The van der Waals surface area contributed by atoms with Crippen LogP contribution < -0.4 is 16.0 Å². The number of nitrogens with one attached hydrogen (secondary N) is 3. The van der Waals surface area contributed by atoms with Crippen molar-refractivity contribution in [3.63, 3.8) is 0 Å². The number of amides is 2. The van der Waals surface area contributed by atoms with Crippen LogP contribution in [0.25, 0.3) is 11.3 Å². The van der Waals surface area contributed by atoms with Crippen molar-refractivity contribution in [1.29, 1.82) is 0 Å².